The summed E-state index contributed by atoms with van der Waals surface area (Å²) < 4.78 is 10.1. The molecule has 3 rings (SSSR count). The molecule has 2 aromatic rings. The molecule has 1 N–H and O–H groups in total. The van der Waals surface area contributed by atoms with E-state index in [1.54, 1.807) is 25.0 Å². The number of aromatic nitrogens is 1. The van der Waals surface area contributed by atoms with Crippen LogP contribution in [0.25, 0.3) is 0 Å². The zero-order chi connectivity index (χ0) is 17.1. The molecular formula is C17H19N3O4. The van der Waals surface area contributed by atoms with Gasteiger partial charge in [0.05, 0.1) is 13.2 Å². The van der Waals surface area contributed by atoms with Crippen LogP contribution in [0.3, 0.4) is 0 Å². The van der Waals surface area contributed by atoms with Crippen molar-refractivity contribution in [3.63, 3.8) is 0 Å². The number of nitrogens with one attached hydrogen (secondary N) is 1. The fourth-order valence-corrected chi connectivity index (χ4v) is 2.93. The summed E-state index contributed by atoms with van der Waals surface area (Å²) in [6.45, 7) is 2.26. The number of hydrogen-bond acceptors (Lipinski definition) is 5. The van der Waals surface area contributed by atoms with Crippen LogP contribution in [0, 0.1) is 6.92 Å². The third kappa shape index (κ3) is 3.24. The SMILES string of the molecule is COc1cccc([C@@H]2CCCN2C(=O)C(=O)Nc2cc(C)on2)c1. The average molecular weight is 329 g/mol. The van der Waals surface area contributed by atoms with E-state index >= 15 is 0 Å². The predicted molar refractivity (Wildman–Crippen MR) is 86.6 cm³/mol. The Labute approximate surface area is 139 Å². The van der Waals surface area contributed by atoms with Gasteiger partial charge in [0.2, 0.25) is 0 Å². The number of methoxy groups -OCH3 is 1. The van der Waals surface area contributed by atoms with Crippen LogP contribution in [0.4, 0.5) is 5.82 Å². The number of carbonyl (C=O) groups excluding carboxylic acids is 2. The third-order valence-electron chi connectivity index (χ3n) is 4.06. The van der Waals surface area contributed by atoms with Gasteiger partial charge in [-0.05, 0) is 37.5 Å². The van der Waals surface area contributed by atoms with E-state index < -0.39 is 11.8 Å². The maximum atomic E-state index is 12.5. The van der Waals surface area contributed by atoms with Gasteiger partial charge in [-0.1, -0.05) is 17.3 Å². The summed E-state index contributed by atoms with van der Waals surface area (Å²) in [7, 11) is 1.60. The lowest BCUT2D eigenvalue weighted by atomic mass is 10.0. The van der Waals surface area contributed by atoms with Crippen LogP contribution in [-0.2, 0) is 9.59 Å². The minimum absolute atomic E-state index is 0.127. The number of benzene rings is 1. The second kappa shape index (κ2) is 6.74. The molecule has 0 aliphatic carbocycles. The molecule has 2 amide bonds. The van der Waals surface area contributed by atoms with Crippen LogP contribution in [0.5, 0.6) is 5.75 Å². The summed E-state index contributed by atoms with van der Waals surface area (Å²) in [6, 6.07) is 9.01. The first kappa shape index (κ1) is 16.0. The molecule has 7 nitrogen and oxygen atoms in total. The van der Waals surface area contributed by atoms with E-state index in [1.807, 2.05) is 24.3 Å². The maximum absolute atomic E-state index is 12.5. The Balaban J connectivity index is 1.74. The topological polar surface area (TPSA) is 84.7 Å². The molecule has 1 aliphatic heterocycles. The molecule has 2 heterocycles. The van der Waals surface area contributed by atoms with Gasteiger partial charge in [0.1, 0.15) is 11.5 Å². The Bertz CT molecular complexity index is 756. The lowest BCUT2D eigenvalue weighted by Crippen LogP contribution is -2.39. The van der Waals surface area contributed by atoms with Crippen molar-refractivity contribution in [1.29, 1.82) is 0 Å². The van der Waals surface area contributed by atoms with Crippen molar-refractivity contribution in [3.05, 3.63) is 41.7 Å². The molecule has 7 heteroatoms. The molecule has 0 radical (unpaired) electrons. The van der Waals surface area contributed by atoms with E-state index in [0.29, 0.717) is 12.3 Å². The zero-order valence-electron chi connectivity index (χ0n) is 13.6. The number of rotatable bonds is 3. The van der Waals surface area contributed by atoms with Crippen molar-refractivity contribution < 1.29 is 18.8 Å². The van der Waals surface area contributed by atoms with Crippen LogP contribution in [-0.4, -0.2) is 35.5 Å². The van der Waals surface area contributed by atoms with Gasteiger partial charge in [0.25, 0.3) is 0 Å². The molecule has 0 bridgehead atoms. The van der Waals surface area contributed by atoms with Crippen LogP contribution >= 0.6 is 0 Å². The summed E-state index contributed by atoms with van der Waals surface area (Å²) in [5.74, 6) is 0.254. The number of likely N-dealkylation sites (tertiary alicyclic amines) is 1. The largest absolute Gasteiger partial charge is 0.497 e. The molecule has 1 saturated heterocycles. The molecule has 0 saturated carbocycles. The van der Waals surface area contributed by atoms with Crippen molar-refractivity contribution in [1.82, 2.24) is 10.1 Å². The van der Waals surface area contributed by atoms with Gasteiger partial charge in [-0.2, -0.15) is 0 Å². The van der Waals surface area contributed by atoms with Crippen LogP contribution < -0.4 is 10.1 Å². The fraction of sp³-hybridized carbons (Fsp3) is 0.353. The summed E-state index contributed by atoms with van der Waals surface area (Å²) >= 11 is 0. The number of nitrogens with zero attached hydrogens (tertiary/aromatic N) is 2. The first-order chi connectivity index (χ1) is 11.6. The lowest BCUT2D eigenvalue weighted by molar-refractivity contribution is -0.143. The quantitative estimate of drug-likeness (QED) is 0.873. The molecule has 1 fully saturated rings. The maximum Gasteiger partial charge on any atom is 0.315 e. The van der Waals surface area contributed by atoms with Gasteiger partial charge >= 0.3 is 11.8 Å². The Morgan fingerprint density at radius 3 is 2.92 bits per heavy atom. The van der Waals surface area contributed by atoms with Gasteiger partial charge in [-0.3, -0.25) is 14.9 Å². The number of aryl methyl sites for hydroxylation is 1. The monoisotopic (exact) mass is 329 g/mol. The van der Waals surface area contributed by atoms with Gasteiger partial charge in [-0.15, -0.1) is 0 Å². The predicted octanol–water partition coefficient (Wildman–Crippen LogP) is 2.29. The van der Waals surface area contributed by atoms with Gasteiger partial charge in [0.15, 0.2) is 5.82 Å². The van der Waals surface area contributed by atoms with Crippen molar-refractivity contribution in [2.24, 2.45) is 0 Å². The summed E-state index contributed by atoms with van der Waals surface area (Å²) in [5.41, 5.74) is 0.963. The van der Waals surface area contributed by atoms with Gasteiger partial charge in [-0.25, -0.2) is 0 Å². The van der Waals surface area contributed by atoms with E-state index in [9.17, 15) is 9.59 Å². The Morgan fingerprint density at radius 2 is 2.21 bits per heavy atom. The van der Waals surface area contributed by atoms with Crippen LogP contribution in [0.15, 0.2) is 34.9 Å². The summed E-state index contributed by atoms with van der Waals surface area (Å²) in [5, 5.41) is 6.14. The van der Waals surface area contributed by atoms with Crippen LogP contribution in [0.1, 0.15) is 30.2 Å². The van der Waals surface area contributed by atoms with E-state index in [-0.39, 0.29) is 11.9 Å². The number of amides is 2. The van der Waals surface area contributed by atoms with E-state index in [1.165, 1.54) is 0 Å². The average Bonchev–Trinajstić information content (AvgIpc) is 3.23. The molecule has 126 valence electrons. The van der Waals surface area contributed by atoms with Crippen molar-refractivity contribution in [2.75, 3.05) is 19.0 Å². The standard InChI is InChI=1S/C17H19N3O4/c1-11-9-15(19-24-11)18-16(21)17(22)20-8-4-7-14(20)12-5-3-6-13(10-12)23-2/h3,5-6,9-10,14H,4,7-8H2,1-2H3,(H,18,19,21)/t14-/m0/s1. The normalized spacial score (nSPS) is 16.9. The van der Waals surface area contributed by atoms with Gasteiger partial charge in [0, 0.05) is 12.6 Å². The molecule has 24 heavy (non-hydrogen) atoms. The summed E-state index contributed by atoms with van der Waals surface area (Å²) in [6.07, 6.45) is 1.67. The van der Waals surface area contributed by atoms with E-state index in [4.69, 9.17) is 9.26 Å². The second-order valence-electron chi connectivity index (χ2n) is 5.71. The molecule has 1 aromatic heterocycles. The molecule has 0 unspecified atom stereocenters. The number of anilines is 1. The zero-order valence-corrected chi connectivity index (χ0v) is 13.6. The minimum Gasteiger partial charge on any atom is -0.497 e. The Kier molecular flexibility index (Phi) is 4.50. The summed E-state index contributed by atoms with van der Waals surface area (Å²) in [4.78, 5) is 26.3. The van der Waals surface area contributed by atoms with E-state index in [2.05, 4.69) is 10.5 Å². The lowest BCUT2D eigenvalue weighted by Gasteiger charge is -2.24. The molecule has 1 aromatic carbocycles. The fourth-order valence-electron chi connectivity index (χ4n) is 2.93. The number of carbonyl (C=O) groups is 2. The highest BCUT2D eigenvalue weighted by molar-refractivity contribution is 6.39. The highest BCUT2D eigenvalue weighted by Crippen LogP contribution is 2.33. The minimum atomic E-state index is -0.710. The first-order valence-corrected chi connectivity index (χ1v) is 7.77. The number of hydrogen-bond donors (Lipinski definition) is 1. The smallest absolute Gasteiger partial charge is 0.315 e. The van der Waals surface area contributed by atoms with Crippen LogP contribution in [0.2, 0.25) is 0 Å². The van der Waals surface area contributed by atoms with Crippen molar-refractivity contribution in [3.8, 4) is 5.75 Å². The molecule has 0 spiro atoms. The highest BCUT2D eigenvalue weighted by Gasteiger charge is 2.33. The van der Waals surface area contributed by atoms with E-state index in [0.717, 1.165) is 24.2 Å². The Morgan fingerprint density at radius 1 is 1.38 bits per heavy atom. The first-order valence-electron chi connectivity index (χ1n) is 7.77. The molecule has 1 atom stereocenters. The van der Waals surface area contributed by atoms with Crippen molar-refractivity contribution >= 4 is 17.6 Å². The molecule has 1 aliphatic rings. The molecular weight excluding hydrogens is 310 g/mol. The Hall–Kier alpha value is -2.83. The van der Waals surface area contributed by atoms with Crippen molar-refractivity contribution in [2.45, 2.75) is 25.8 Å². The number of ether oxygens (including phenoxy) is 1. The third-order valence-corrected chi connectivity index (χ3v) is 4.06. The highest BCUT2D eigenvalue weighted by atomic mass is 16.5. The second-order valence-corrected chi connectivity index (χ2v) is 5.71. The van der Waals surface area contributed by atoms with Gasteiger partial charge < -0.3 is 14.2 Å².